The molecule has 0 radical (unpaired) electrons. The lowest BCUT2D eigenvalue weighted by molar-refractivity contribution is 0.101. The van der Waals surface area contributed by atoms with Gasteiger partial charge >= 0.3 is 0 Å². The third kappa shape index (κ3) is 3.77. The molecular weight excluding hydrogens is 256 g/mol. The van der Waals surface area contributed by atoms with E-state index < -0.39 is 0 Å². The molecule has 0 aliphatic carbocycles. The highest BCUT2D eigenvalue weighted by Crippen LogP contribution is 2.17. The van der Waals surface area contributed by atoms with E-state index in [9.17, 15) is 4.79 Å². The number of rotatable bonds is 2. The standard InChI is InChI=1S/C15H20N2OS/c1-11-7-9-17(10-8-11)15(19)16-14-5-3-13(4-6-14)12(2)18/h3-6,11H,7-10H2,1-2H3,(H,16,19). The molecule has 0 bridgehead atoms. The van der Waals surface area contributed by atoms with Crippen molar-refractivity contribution in [3.63, 3.8) is 0 Å². The lowest BCUT2D eigenvalue weighted by Gasteiger charge is -2.32. The first kappa shape index (κ1) is 14.0. The number of carbonyl (C=O) groups is 1. The number of nitrogens with zero attached hydrogens (tertiary/aromatic N) is 1. The quantitative estimate of drug-likeness (QED) is 0.663. The van der Waals surface area contributed by atoms with Gasteiger partial charge in [-0.05, 0) is 62.2 Å². The van der Waals surface area contributed by atoms with Crippen LogP contribution < -0.4 is 5.32 Å². The first-order chi connectivity index (χ1) is 9.06. The Balaban J connectivity index is 1.93. The molecule has 1 saturated heterocycles. The van der Waals surface area contributed by atoms with E-state index >= 15 is 0 Å². The first-order valence-corrected chi connectivity index (χ1v) is 7.14. The van der Waals surface area contributed by atoms with Crippen LogP contribution in [-0.2, 0) is 0 Å². The largest absolute Gasteiger partial charge is 0.349 e. The van der Waals surface area contributed by atoms with Gasteiger partial charge in [-0.25, -0.2) is 0 Å². The van der Waals surface area contributed by atoms with Crippen molar-refractivity contribution < 1.29 is 4.79 Å². The number of likely N-dealkylation sites (tertiary alicyclic amines) is 1. The van der Waals surface area contributed by atoms with Crippen LogP contribution in [0.2, 0.25) is 0 Å². The summed E-state index contributed by atoms with van der Waals surface area (Å²) in [6, 6.07) is 7.45. The van der Waals surface area contributed by atoms with Crippen LogP contribution in [0.1, 0.15) is 37.0 Å². The Morgan fingerprint density at radius 3 is 2.37 bits per heavy atom. The number of thiocarbonyl (C=S) groups is 1. The number of anilines is 1. The lowest BCUT2D eigenvalue weighted by atomic mass is 10.00. The molecule has 1 N–H and O–H groups in total. The van der Waals surface area contributed by atoms with Gasteiger partial charge in [0.05, 0.1) is 0 Å². The van der Waals surface area contributed by atoms with Crippen LogP contribution in [0, 0.1) is 5.92 Å². The molecule has 0 atom stereocenters. The average Bonchev–Trinajstić information content (AvgIpc) is 2.40. The normalized spacial score (nSPS) is 16.2. The van der Waals surface area contributed by atoms with Gasteiger partial charge in [0.1, 0.15) is 0 Å². The molecule has 1 aromatic carbocycles. The van der Waals surface area contributed by atoms with Crippen molar-refractivity contribution in [1.82, 2.24) is 4.90 Å². The molecule has 1 heterocycles. The van der Waals surface area contributed by atoms with Gasteiger partial charge in [-0.15, -0.1) is 0 Å². The predicted octanol–water partition coefficient (Wildman–Crippen LogP) is 3.32. The molecule has 0 amide bonds. The monoisotopic (exact) mass is 276 g/mol. The number of carbonyl (C=O) groups excluding carboxylic acids is 1. The molecule has 1 aliphatic heterocycles. The van der Waals surface area contributed by atoms with Crippen LogP contribution in [0.5, 0.6) is 0 Å². The minimum absolute atomic E-state index is 0.0825. The Kier molecular flexibility index (Phi) is 4.53. The van der Waals surface area contributed by atoms with Crippen LogP contribution >= 0.6 is 12.2 Å². The zero-order chi connectivity index (χ0) is 13.8. The minimum Gasteiger partial charge on any atom is -0.349 e. The fourth-order valence-corrected chi connectivity index (χ4v) is 2.50. The van der Waals surface area contributed by atoms with E-state index in [2.05, 4.69) is 17.1 Å². The zero-order valence-electron chi connectivity index (χ0n) is 11.5. The highest BCUT2D eigenvalue weighted by molar-refractivity contribution is 7.80. The van der Waals surface area contributed by atoms with Gasteiger partial charge in [0.15, 0.2) is 10.9 Å². The van der Waals surface area contributed by atoms with Crippen molar-refractivity contribution in [3.05, 3.63) is 29.8 Å². The van der Waals surface area contributed by atoms with Gasteiger partial charge in [0, 0.05) is 24.3 Å². The van der Waals surface area contributed by atoms with Crippen LogP contribution in [-0.4, -0.2) is 28.9 Å². The van der Waals surface area contributed by atoms with E-state index in [1.54, 1.807) is 6.92 Å². The van der Waals surface area contributed by atoms with E-state index in [0.29, 0.717) is 0 Å². The summed E-state index contributed by atoms with van der Waals surface area (Å²) in [4.78, 5) is 13.4. The molecule has 0 saturated carbocycles. The summed E-state index contributed by atoms with van der Waals surface area (Å²) in [5.41, 5.74) is 1.66. The lowest BCUT2D eigenvalue weighted by Crippen LogP contribution is -2.40. The van der Waals surface area contributed by atoms with E-state index in [0.717, 1.165) is 35.4 Å². The van der Waals surface area contributed by atoms with Crippen molar-refractivity contribution >= 4 is 28.8 Å². The summed E-state index contributed by atoms with van der Waals surface area (Å²) in [6.45, 7) is 5.91. The predicted molar refractivity (Wildman–Crippen MR) is 82.6 cm³/mol. The SMILES string of the molecule is CC(=O)c1ccc(NC(=S)N2CCC(C)CC2)cc1. The summed E-state index contributed by atoms with van der Waals surface area (Å²) >= 11 is 5.43. The van der Waals surface area contributed by atoms with Gasteiger partial charge < -0.3 is 10.2 Å². The van der Waals surface area contributed by atoms with Crippen molar-refractivity contribution in [3.8, 4) is 0 Å². The number of benzene rings is 1. The Morgan fingerprint density at radius 1 is 1.26 bits per heavy atom. The van der Waals surface area contributed by atoms with Crippen LogP contribution in [0.3, 0.4) is 0 Å². The first-order valence-electron chi connectivity index (χ1n) is 6.73. The van der Waals surface area contributed by atoms with Gasteiger partial charge in [0.25, 0.3) is 0 Å². The molecule has 1 fully saturated rings. The topological polar surface area (TPSA) is 32.3 Å². The summed E-state index contributed by atoms with van der Waals surface area (Å²) in [5, 5.41) is 4.02. The van der Waals surface area contributed by atoms with Gasteiger partial charge in [-0.3, -0.25) is 4.79 Å². The van der Waals surface area contributed by atoms with Crippen LogP contribution in [0.15, 0.2) is 24.3 Å². The molecule has 2 rings (SSSR count). The summed E-state index contributed by atoms with van der Waals surface area (Å²) in [7, 11) is 0. The fraction of sp³-hybridized carbons (Fsp3) is 0.467. The average molecular weight is 276 g/mol. The van der Waals surface area contributed by atoms with Crippen molar-refractivity contribution in [2.45, 2.75) is 26.7 Å². The Hall–Kier alpha value is -1.42. The smallest absolute Gasteiger partial charge is 0.173 e. The molecule has 102 valence electrons. The van der Waals surface area contributed by atoms with E-state index in [4.69, 9.17) is 12.2 Å². The number of piperidine rings is 1. The minimum atomic E-state index is 0.0825. The summed E-state index contributed by atoms with van der Waals surface area (Å²) in [6.07, 6.45) is 2.40. The highest BCUT2D eigenvalue weighted by atomic mass is 32.1. The maximum atomic E-state index is 11.2. The molecule has 0 unspecified atom stereocenters. The third-order valence-electron chi connectivity index (χ3n) is 3.61. The second kappa shape index (κ2) is 6.15. The molecule has 0 aromatic heterocycles. The zero-order valence-corrected chi connectivity index (χ0v) is 12.3. The fourth-order valence-electron chi connectivity index (χ4n) is 2.20. The molecule has 1 aliphatic rings. The number of Topliss-reactive ketones (excluding diaryl/α,β-unsaturated/α-hetero) is 1. The second-order valence-corrected chi connectivity index (χ2v) is 5.62. The Labute approximate surface area is 120 Å². The summed E-state index contributed by atoms with van der Waals surface area (Å²) in [5.74, 6) is 0.882. The number of nitrogens with one attached hydrogen (secondary N) is 1. The van der Waals surface area contributed by atoms with E-state index in [-0.39, 0.29) is 5.78 Å². The Bertz CT molecular complexity index is 462. The Morgan fingerprint density at radius 2 is 1.84 bits per heavy atom. The molecule has 4 heteroatoms. The highest BCUT2D eigenvalue weighted by Gasteiger charge is 2.17. The molecule has 1 aromatic rings. The molecule has 0 spiro atoms. The van der Waals surface area contributed by atoms with Gasteiger partial charge in [-0.2, -0.15) is 0 Å². The summed E-state index contributed by atoms with van der Waals surface area (Å²) < 4.78 is 0. The van der Waals surface area contributed by atoms with Crippen LogP contribution in [0.4, 0.5) is 5.69 Å². The second-order valence-electron chi connectivity index (χ2n) is 5.23. The molecule has 19 heavy (non-hydrogen) atoms. The number of hydrogen-bond donors (Lipinski definition) is 1. The maximum absolute atomic E-state index is 11.2. The number of hydrogen-bond acceptors (Lipinski definition) is 2. The van der Waals surface area contributed by atoms with Gasteiger partial charge in [0.2, 0.25) is 0 Å². The van der Waals surface area contributed by atoms with Crippen molar-refractivity contribution in [2.24, 2.45) is 5.92 Å². The third-order valence-corrected chi connectivity index (χ3v) is 3.97. The van der Waals surface area contributed by atoms with E-state index in [1.807, 2.05) is 24.3 Å². The molecule has 3 nitrogen and oxygen atoms in total. The number of ketones is 1. The van der Waals surface area contributed by atoms with Gasteiger partial charge in [-0.1, -0.05) is 6.92 Å². The maximum Gasteiger partial charge on any atom is 0.173 e. The molecular formula is C15H20N2OS. The van der Waals surface area contributed by atoms with E-state index in [1.165, 1.54) is 12.8 Å². The van der Waals surface area contributed by atoms with Crippen LogP contribution in [0.25, 0.3) is 0 Å². The van der Waals surface area contributed by atoms with Crippen molar-refractivity contribution in [2.75, 3.05) is 18.4 Å². The van der Waals surface area contributed by atoms with Crippen molar-refractivity contribution in [1.29, 1.82) is 0 Å².